The van der Waals surface area contributed by atoms with Crippen LogP contribution in [-0.2, 0) is 52.4 Å². The van der Waals surface area contributed by atoms with Crippen LogP contribution in [0.4, 0.5) is 4.79 Å². The number of carboxylic acids is 1. The number of rotatable bonds is 10. The second-order valence-electron chi connectivity index (χ2n) is 9.35. The molecule has 210 valence electrons. The number of ether oxygens (including phenoxy) is 6. The summed E-state index contributed by atoms with van der Waals surface area (Å²) in [6.07, 6.45) is -7.59. The van der Waals surface area contributed by atoms with Crippen LogP contribution in [0.1, 0.15) is 61.3 Å². The van der Waals surface area contributed by atoms with E-state index in [4.69, 9.17) is 28.4 Å². The smallest absolute Gasteiger partial charge is 0.408 e. The number of nitrogens with one attached hydrogen (secondary N) is 1. The minimum Gasteiger partial charge on any atom is -0.480 e. The first-order chi connectivity index (χ1) is 17.0. The van der Waals surface area contributed by atoms with E-state index in [2.05, 4.69) is 5.32 Å². The summed E-state index contributed by atoms with van der Waals surface area (Å²) in [5.41, 5.74) is -0.868. The Hall–Kier alpha value is -3.42. The van der Waals surface area contributed by atoms with E-state index in [1.165, 1.54) is 0 Å². The van der Waals surface area contributed by atoms with Crippen LogP contribution in [0.5, 0.6) is 0 Å². The third-order valence-electron chi connectivity index (χ3n) is 4.82. The van der Waals surface area contributed by atoms with Crippen LogP contribution in [-0.4, -0.2) is 89.8 Å². The van der Waals surface area contributed by atoms with Crippen molar-refractivity contribution < 1.29 is 62.3 Å². The largest absolute Gasteiger partial charge is 0.480 e. The standard InChI is InChI=1S/C23H35NO13/c1-11(25)32-10-17-19(34-13(3)27)20(35-14(4)28)18(33-12(2)26)16(36-17)9-8-15(21(29)30)24-22(31)37-23(5,6)7/h15-20H,8-10H2,1-7H3,(H,24,31)(H,29,30)/t15-,16+,17+,18-,19-,20+/m0/s1. The SMILES string of the molecule is CC(=O)OC[C@H]1O[C@H](CC[C@H](NC(=O)OC(C)(C)C)C(=O)O)[C@H](OC(C)=O)[C@@H](OC(C)=O)[C@H]1OC(C)=O. The van der Waals surface area contributed by atoms with Crippen molar-refractivity contribution in [2.24, 2.45) is 0 Å². The third-order valence-corrected chi connectivity index (χ3v) is 4.82. The van der Waals surface area contributed by atoms with Crippen molar-refractivity contribution in [2.45, 2.75) is 103 Å². The number of esters is 4. The van der Waals surface area contributed by atoms with Crippen LogP contribution in [0.3, 0.4) is 0 Å². The van der Waals surface area contributed by atoms with Gasteiger partial charge in [-0.05, 0) is 33.6 Å². The molecule has 1 heterocycles. The molecule has 1 saturated heterocycles. The molecule has 1 fully saturated rings. The van der Waals surface area contributed by atoms with Gasteiger partial charge in [-0.25, -0.2) is 9.59 Å². The van der Waals surface area contributed by atoms with Crippen LogP contribution in [0.25, 0.3) is 0 Å². The molecule has 1 amide bonds. The molecule has 0 radical (unpaired) electrons. The van der Waals surface area contributed by atoms with Crippen molar-refractivity contribution in [1.29, 1.82) is 0 Å². The van der Waals surface area contributed by atoms with E-state index in [1.807, 2.05) is 0 Å². The molecule has 0 aromatic rings. The molecule has 0 unspecified atom stereocenters. The quantitative estimate of drug-likeness (QED) is 0.297. The van der Waals surface area contributed by atoms with Crippen molar-refractivity contribution in [3.05, 3.63) is 0 Å². The molecule has 0 aromatic heterocycles. The molecule has 37 heavy (non-hydrogen) atoms. The average Bonchev–Trinajstić information content (AvgIpc) is 2.70. The van der Waals surface area contributed by atoms with Gasteiger partial charge in [0.2, 0.25) is 0 Å². The van der Waals surface area contributed by atoms with Gasteiger partial charge in [0.15, 0.2) is 18.3 Å². The maximum absolute atomic E-state index is 12.1. The van der Waals surface area contributed by atoms with Gasteiger partial charge in [0.05, 0.1) is 6.10 Å². The molecule has 1 rings (SSSR count). The molecular formula is C23H35NO13. The average molecular weight is 534 g/mol. The molecular weight excluding hydrogens is 498 g/mol. The Morgan fingerprint density at radius 2 is 1.30 bits per heavy atom. The van der Waals surface area contributed by atoms with Gasteiger partial charge < -0.3 is 38.8 Å². The Balaban J connectivity index is 3.27. The zero-order valence-electron chi connectivity index (χ0n) is 21.9. The van der Waals surface area contributed by atoms with Crippen molar-refractivity contribution >= 4 is 35.9 Å². The summed E-state index contributed by atoms with van der Waals surface area (Å²) in [4.78, 5) is 70.8. The summed E-state index contributed by atoms with van der Waals surface area (Å²) >= 11 is 0. The molecule has 1 aliphatic rings. The highest BCUT2D eigenvalue weighted by molar-refractivity contribution is 5.80. The van der Waals surface area contributed by atoms with E-state index in [-0.39, 0.29) is 12.8 Å². The second kappa shape index (κ2) is 13.8. The van der Waals surface area contributed by atoms with Gasteiger partial charge in [-0.1, -0.05) is 0 Å². The summed E-state index contributed by atoms with van der Waals surface area (Å²) in [7, 11) is 0. The molecule has 0 bridgehead atoms. The van der Waals surface area contributed by atoms with Gasteiger partial charge in [0, 0.05) is 27.7 Å². The first-order valence-electron chi connectivity index (χ1n) is 11.5. The van der Waals surface area contributed by atoms with Crippen molar-refractivity contribution in [1.82, 2.24) is 5.32 Å². The lowest BCUT2D eigenvalue weighted by molar-refractivity contribution is -0.253. The zero-order valence-corrected chi connectivity index (χ0v) is 21.9. The highest BCUT2D eigenvalue weighted by Crippen LogP contribution is 2.31. The van der Waals surface area contributed by atoms with E-state index in [0.29, 0.717) is 0 Å². The predicted molar refractivity (Wildman–Crippen MR) is 122 cm³/mol. The summed E-state index contributed by atoms with van der Waals surface area (Å²) in [6.45, 7) is 8.85. The van der Waals surface area contributed by atoms with Crippen molar-refractivity contribution in [2.75, 3.05) is 6.61 Å². The van der Waals surface area contributed by atoms with Gasteiger partial charge in [0.25, 0.3) is 0 Å². The molecule has 0 saturated carbocycles. The number of aliphatic carboxylic acids is 1. The Labute approximate surface area is 214 Å². The number of carboxylic acid groups (broad SMARTS) is 1. The second-order valence-corrected chi connectivity index (χ2v) is 9.35. The fourth-order valence-electron chi connectivity index (χ4n) is 3.59. The lowest BCUT2D eigenvalue weighted by Crippen LogP contribution is -2.62. The Bertz CT molecular complexity index is 865. The molecule has 14 nitrogen and oxygen atoms in total. The first-order valence-corrected chi connectivity index (χ1v) is 11.5. The van der Waals surface area contributed by atoms with Crippen LogP contribution >= 0.6 is 0 Å². The van der Waals surface area contributed by atoms with Crippen LogP contribution in [0, 0.1) is 0 Å². The van der Waals surface area contributed by atoms with Gasteiger partial charge in [-0.3, -0.25) is 19.2 Å². The van der Waals surface area contributed by atoms with Crippen LogP contribution in [0.15, 0.2) is 0 Å². The van der Waals surface area contributed by atoms with Crippen LogP contribution in [0.2, 0.25) is 0 Å². The number of alkyl carbamates (subject to hydrolysis) is 1. The first kappa shape index (κ1) is 31.6. The summed E-state index contributed by atoms with van der Waals surface area (Å²) in [5.74, 6) is -4.37. The maximum Gasteiger partial charge on any atom is 0.408 e. The van der Waals surface area contributed by atoms with E-state index in [9.17, 15) is 33.9 Å². The molecule has 0 aromatic carbocycles. The summed E-state index contributed by atoms with van der Waals surface area (Å²) in [6, 6.07) is -1.42. The van der Waals surface area contributed by atoms with E-state index < -0.39 is 84.7 Å². The summed E-state index contributed by atoms with van der Waals surface area (Å²) < 4.78 is 32.0. The number of hydrogen-bond acceptors (Lipinski definition) is 12. The van der Waals surface area contributed by atoms with Crippen molar-refractivity contribution in [3.8, 4) is 0 Å². The maximum atomic E-state index is 12.1. The van der Waals surface area contributed by atoms with Crippen molar-refractivity contribution in [3.63, 3.8) is 0 Å². The van der Waals surface area contributed by atoms with Gasteiger partial charge in [0.1, 0.15) is 24.4 Å². The third kappa shape index (κ3) is 11.5. The van der Waals surface area contributed by atoms with Gasteiger partial charge >= 0.3 is 35.9 Å². The minimum absolute atomic E-state index is 0.133. The summed E-state index contributed by atoms with van der Waals surface area (Å²) in [5, 5.41) is 11.8. The lowest BCUT2D eigenvalue weighted by atomic mass is 9.91. The number of hydrogen-bond donors (Lipinski definition) is 2. The van der Waals surface area contributed by atoms with E-state index >= 15 is 0 Å². The Morgan fingerprint density at radius 3 is 1.73 bits per heavy atom. The number of carbonyl (C=O) groups excluding carboxylic acids is 5. The van der Waals surface area contributed by atoms with E-state index in [0.717, 1.165) is 27.7 Å². The molecule has 14 heteroatoms. The monoisotopic (exact) mass is 533 g/mol. The number of carbonyl (C=O) groups is 6. The fraction of sp³-hybridized carbons (Fsp3) is 0.739. The molecule has 6 atom stereocenters. The molecule has 2 N–H and O–H groups in total. The predicted octanol–water partition coefficient (Wildman–Crippen LogP) is 0.870. The number of amides is 1. The minimum atomic E-state index is -1.42. The van der Waals surface area contributed by atoms with Gasteiger partial charge in [-0.2, -0.15) is 0 Å². The van der Waals surface area contributed by atoms with E-state index in [1.54, 1.807) is 20.8 Å². The molecule has 0 aliphatic carbocycles. The highest BCUT2D eigenvalue weighted by atomic mass is 16.7. The highest BCUT2D eigenvalue weighted by Gasteiger charge is 2.52. The topological polar surface area (TPSA) is 190 Å². The molecule has 0 spiro atoms. The fourth-order valence-corrected chi connectivity index (χ4v) is 3.59. The molecule has 1 aliphatic heterocycles. The Kier molecular flexibility index (Phi) is 11.8. The Morgan fingerprint density at radius 1 is 0.811 bits per heavy atom. The normalized spacial score (nSPS) is 24.1. The van der Waals surface area contributed by atoms with Crippen LogP contribution < -0.4 is 5.32 Å². The zero-order chi connectivity index (χ0) is 28.5. The lowest BCUT2D eigenvalue weighted by Gasteiger charge is -2.44. The van der Waals surface area contributed by atoms with Gasteiger partial charge in [-0.15, -0.1) is 0 Å².